The number of ether oxygens (including phenoxy) is 2. The van der Waals surface area contributed by atoms with Crippen molar-refractivity contribution < 1.29 is 50.2 Å². The van der Waals surface area contributed by atoms with Crippen LogP contribution in [0, 0.1) is 0 Å². The Morgan fingerprint density at radius 3 is 2.38 bits per heavy atom. The molecule has 0 unspecified atom stereocenters. The number of carbonyl (C=O) groups excluding carboxylic acids is 3. The molecule has 0 spiro atoms. The van der Waals surface area contributed by atoms with Gasteiger partial charge in [-0.3, -0.25) is 19.3 Å². The highest BCUT2D eigenvalue weighted by atomic mass is 35.5. The highest BCUT2D eigenvalue weighted by molar-refractivity contribution is 7.18. The number of hydrogen-bond acceptors (Lipinski definition) is 7. The highest BCUT2D eigenvalue weighted by Gasteiger charge is 2.32. The number of nitrogens with one attached hydrogen (secondary N) is 2. The fraction of sp³-hybridized carbons (Fsp3) is 0.435. The van der Waals surface area contributed by atoms with Gasteiger partial charge >= 0.3 is 6.61 Å². The predicted molar refractivity (Wildman–Crippen MR) is 134 cm³/mol. The minimum absolute atomic E-state index is 0.110. The average Bonchev–Trinajstić information content (AvgIpc) is 3.30. The second kappa shape index (κ2) is 14.5. The lowest BCUT2D eigenvalue weighted by molar-refractivity contribution is -0.125. The molecule has 0 aliphatic carbocycles. The molecule has 1 aromatic carbocycles. The maximum Gasteiger partial charge on any atom is 0.387 e. The Kier molecular flexibility index (Phi) is 11.4. The van der Waals surface area contributed by atoms with Gasteiger partial charge in [-0.2, -0.15) is 8.78 Å². The molecule has 3 amide bonds. The van der Waals surface area contributed by atoms with Gasteiger partial charge in [0.05, 0.1) is 34.6 Å². The van der Waals surface area contributed by atoms with E-state index in [2.05, 4.69) is 15.4 Å². The number of thiophene rings is 1. The first-order valence-electron chi connectivity index (χ1n) is 11.6. The number of anilines is 2. The third-order valence-corrected chi connectivity index (χ3v) is 6.71. The number of nitrogens with zero attached hydrogens (tertiary/aromatic N) is 2. The number of morpholine rings is 1. The summed E-state index contributed by atoms with van der Waals surface area (Å²) in [6.45, 7) is -6.48. The van der Waals surface area contributed by atoms with Gasteiger partial charge in [-0.1, -0.05) is 11.6 Å². The van der Waals surface area contributed by atoms with Crippen molar-refractivity contribution in [2.45, 2.75) is 25.5 Å². The van der Waals surface area contributed by atoms with E-state index in [0.717, 1.165) is 23.5 Å². The molecule has 1 atom stereocenters. The normalized spacial score (nSPS) is 14.8. The van der Waals surface area contributed by atoms with Gasteiger partial charge in [0.1, 0.15) is 12.6 Å². The van der Waals surface area contributed by atoms with Crippen LogP contribution >= 0.6 is 22.9 Å². The minimum atomic E-state index is -3.35. The SMILES string of the molecule is O=C(NC[C@H](C(=O)Nc1ccc(N2CCOCC2=O)cc1OC(F)F)N(CC(F)F)CC(F)F)c1ccc(Cl)s1. The van der Waals surface area contributed by atoms with Gasteiger partial charge in [0.15, 0.2) is 5.75 Å². The largest absolute Gasteiger partial charge is 0.433 e. The minimum Gasteiger partial charge on any atom is -0.433 e. The average molecular weight is 617 g/mol. The van der Waals surface area contributed by atoms with Crippen molar-refractivity contribution in [3.63, 3.8) is 0 Å². The van der Waals surface area contributed by atoms with E-state index in [1.165, 1.54) is 23.1 Å². The Morgan fingerprint density at radius 1 is 1.10 bits per heavy atom. The van der Waals surface area contributed by atoms with Crippen LogP contribution in [0.3, 0.4) is 0 Å². The molecular formula is C23H23ClF6N4O5S. The summed E-state index contributed by atoms with van der Waals surface area (Å²) in [6, 6.07) is 4.50. The highest BCUT2D eigenvalue weighted by Crippen LogP contribution is 2.32. The molecule has 220 valence electrons. The third kappa shape index (κ3) is 8.97. The summed E-state index contributed by atoms with van der Waals surface area (Å²) >= 11 is 6.68. The molecule has 0 saturated carbocycles. The van der Waals surface area contributed by atoms with Crippen molar-refractivity contribution in [1.29, 1.82) is 0 Å². The lowest BCUT2D eigenvalue weighted by atomic mass is 10.1. The van der Waals surface area contributed by atoms with Gasteiger partial charge in [-0.05, 0) is 24.3 Å². The van der Waals surface area contributed by atoms with Gasteiger partial charge in [0, 0.05) is 24.8 Å². The summed E-state index contributed by atoms with van der Waals surface area (Å²) in [4.78, 5) is 39.6. The van der Waals surface area contributed by atoms with Crippen LogP contribution in [0.1, 0.15) is 9.67 Å². The number of alkyl halides is 6. The van der Waals surface area contributed by atoms with Crippen molar-refractivity contribution in [3.05, 3.63) is 39.5 Å². The van der Waals surface area contributed by atoms with E-state index in [1.54, 1.807) is 0 Å². The van der Waals surface area contributed by atoms with E-state index < -0.39 is 68.6 Å². The summed E-state index contributed by atoms with van der Waals surface area (Å²) < 4.78 is 89.1. The predicted octanol–water partition coefficient (Wildman–Crippen LogP) is 3.94. The lowest BCUT2D eigenvalue weighted by Crippen LogP contribution is -2.53. The van der Waals surface area contributed by atoms with E-state index >= 15 is 0 Å². The number of carbonyl (C=O) groups is 3. The van der Waals surface area contributed by atoms with Crippen molar-refractivity contribution in [3.8, 4) is 5.75 Å². The van der Waals surface area contributed by atoms with E-state index in [1.807, 2.05) is 0 Å². The summed E-state index contributed by atoms with van der Waals surface area (Å²) in [5.41, 5.74) is -0.206. The van der Waals surface area contributed by atoms with Crippen LogP contribution < -0.4 is 20.3 Å². The molecule has 2 aromatic rings. The Labute approximate surface area is 232 Å². The Hall–Kier alpha value is -3.08. The summed E-state index contributed by atoms with van der Waals surface area (Å²) in [6.07, 6.45) is -6.24. The first-order valence-corrected chi connectivity index (χ1v) is 12.8. The van der Waals surface area contributed by atoms with E-state index in [0.29, 0.717) is 4.90 Å². The molecule has 3 rings (SSSR count). The molecule has 1 fully saturated rings. The summed E-state index contributed by atoms with van der Waals surface area (Å²) in [7, 11) is 0. The van der Waals surface area contributed by atoms with Crippen LogP contribution in [-0.4, -0.2) is 87.5 Å². The molecule has 1 aliphatic heterocycles. The molecule has 40 heavy (non-hydrogen) atoms. The monoisotopic (exact) mass is 616 g/mol. The van der Waals surface area contributed by atoms with E-state index in [4.69, 9.17) is 16.3 Å². The number of halogens is 7. The molecule has 1 aliphatic rings. The number of benzene rings is 1. The maximum absolute atomic E-state index is 13.2. The number of amides is 3. The smallest absolute Gasteiger partial charge is 0.387 e. The van der Waals surface area contributed by atoms with Gasteiger partial charge in [-0.15, -0.1) is 11.3 Å². The standard InChI is InChI=1S/C23H23ClF6N4O5S/c24-17-4-3-16(40-17)22(37)31-8-14(33(9-18(25)26)10-19(27)28)21(36)32-13-2-1-12(7-15(13)39-23(29)30)34-5-6-38-11-20(34)35/h1-4,7,14,18-19,23H,5-6,8-11H2,(H,31,37)(H,32,36)/t14-/m1/s1. The Balaban J connectivity index is 1.88. The van der Waals surface area contributed by atoms with Crippen LogP contribution in [-0.2, 0) is 14.3 Å². The van der Waals surface area contributed by atoms with Crippen molar-refractivity contribution in [2.75, 3.05) is 49.6 Å². The number of hydrogen-bond donors (Lipinski definition) is 2. The molecule has 1 aromatic heterocycles. The molecule has 0 bridgehead atoms. The zero-order valence-corrected chi connectivity index (χ0v) is 22.0. The van der Waals surface area contributed by atoms with Crippen molar-refractivity contribution in [1.82, 2.24) is 10.2 Å². The van der Waals surface area contributed by atoms with Gasteiger partial charge < -0.3 is 25.0 Å². The second-order valence-corrected chi connectivity index (χ2v) is 9.93. The van der Waals surface area contributed by atoms with Gasteiger partial charge in [0.2, 0.25) is 5.91 Å². The molecule has 17 heteroatoms. The first-order chi connectivity index (χ1) is 18.9. The van der Waals surface area contributed by atoms with Gasteiger partial charge in [0.25, 0.3) is 24.7 Å². The van der Waals surface area contributed by atoms with E-state index in [-0.39, 0.29) is 40.3 Å². The molecular weight excluding hydrogens is 594 g/mol. The molecule has 9 nitrogen and oxygen atoms in total. The second-order valence-electron chi connectivity index (χ2n) is 8.21. The van der Waals surface area contributed by atoms with Crippen LogP contribution in [0.25, 0.3) is 0 Å². The van der Waals surface area contributed by atoms with Crippen LogP contribution in [0.4, 0.5) is 37.7 Å². The molecule has 1 saturated heterocycles. The van der Waals surface area contributed by atoms with Gasteiger partial charge in [-0.25, -0.2) is 17.6 Å². The molecule has 0 radical (unpaired) electrons. The zero-order valence-electron chi connectivity index (χ0n) is 20.4. The quantitative estimate of drug-likeness (QED) is 0.331. The fourth-order valence-electron chi connectivity index (χ4n) is 3.77. The topological polar surface area (TPSA) is 100 Å². The maximum atomic E-state index is 13.2. The molecule has 2 N–H and O–H groups in total. The third-order valence-electron chi connectivity index (χ3n) is 5.48. The number of rotatable bonds is 13. The lowest BCUT2D eigenvalue weighted by Gasteiger charge is -2.31. The fourth-order valence-corrected chi connectivity index (χ4v) is 4.73. The van der Waals surface area contributed by atoms with Crippen LogP contribution in [0.15, 0.2) is 30.3 Å². The van der Waals surface area contributed by atoms with E-state index in [9.17, 15) is 40.7 Å². The summed E-state index contributed by atoms with van der Waals surface area (Å²) in [5.74, 6) is -2.95. The van der Waals surface area contributed by atoms with Crippen LogP contribution in [0.2, 0.25) is 4.34 Å². The van der Waals surface area contributed by atoms with Crippen LogP contribution in [0.5, 0.6) is 5.75 Å². The first kappa shape index (κ1) is 31.4. The Bertz CT molecular complexity index is 1180. The molecule has 2 heterocycles. The Morgan fingerprint density at radius 2 is 1.80 bits per heavy atom. The van der Waals surface area contributed by atoms with Crippen molar-refractivity contribution >= 4 is 52.0 Å². The summed E-state index contributed by atoms with van der Waals surface area (Å²) in [5, 5.41) is 4.55. The van der Waals surface area contributed by atoms with Crippen molar-refractivity contribution in [2.24, 2.45) is 0 Å². The zero-order chi connectivity index (χ0) is 29.4.